The fourth-order valence-corrected chi connectivity index (χ4v) is 3.10. The van der Waals surface area contributed by atoms with Crippen molar-refractivity contribution < 1.29 is 22.8 Å². The second-order valence-electron chi connectivity index (χ2n) is 6.67. The van der Waals surface area contributed by atoms with Crippen LogP contribution in [-0.4, -0.2) is 34.8 Å². The lowest BCUT2D eigenvalue weighted by Gasteiger charge is -2.19. The van der Waals surface area contributed by atoms with Crippen molar-refractivity contribution in [2.24, 2.45) is 0 Å². The maximum Gasteiger partial charge on any atom is 0.416 e. The van der Waals surface area contributed by atoms with E-state index in [1.165, 1.54) is 30.5 Å². The average molecular weight is 391 g/mol. The van der Waals surface area contributed by atoms with E-state index in [1.54, 1.807) is 4.90 Å². The van der Waals surface area contributed by atoms with Crippen LogP contribution in [0, 0.1) is 0 Å². The van der Waals surface area contributed by atoms with Gasteiger partial charge in [0.25, 0.3) is 11.8 Å². The summed E-state index contributed by atoms with van der Waals surface area (Å²) < 4.78 is 38.4. The third kappa shape index (κ3) is 4.88. The molecule has 0 saturated carbocycles. The van der Waals surface area contributed by atoms with Gasteiger partial charge in [-0.1, -0.05) is 18.9 Å². The molecule has 0 atom stereocenters. The third-order valence-electron chi connectivity index (χ3n) is 4.58. The quantitative estimate of drug-likeness (QED) is 0.845. The van der Waals surface area contributed by atoms with E-state index in [2.05, 4.69) is 10.3 Å². The molecule has 2 amide bonds. The molecule has 1 saturated heterocycles. The van der Waals surface area contributed by atoms with Crippen LogP contribution in [0.3, 0.4) is 0 Å². The van der Waals surface area contributed by atoms with Crippen LogP contribution in [0.2, 0.25) is 0 Å². The molecule has 1 N–H and O–H groups in total. The molecular formula is C20H20F3N3O2. The lowest BCUT2D eigenvalue weighted by atomic mass is 10.1. The summed E-state index contributed by atoms with van der Waals surface area (Å²) >= 11 is 0. The number of amides is 2. The number of alkyl halides is 3. The largest absolute Gasteiger partial charge is 0.416 e. The summed E-state index contributed by atoms with van der Waals surface area (Å²) in [6, 6.07) is 7.18. The van der Waals surface area contributed by atoms with Crippen molar-refractivity contribution in [2.75, 3.05) is 18.4 Å². The molecule has 0 bridgehead atoms. The highest BCUT2D eigenvalue weighted by molar-refractivity contribution is 6.05. The summed E-state index contributed by atoms with van der Waals surface area (Å²) in [7, 11) is 0. The van der Waals surface area contributed by atoms with Crippen LogP contribution in [0.1, 0.15) is 52.1 Å². The topological polar surface area (TPSA) is 62.3 Å². The number of pyridine rings is 1. The highest BCUT2D eigenvalue weighted by Crippen LogP contribution is 2.30. The van der Waals surface area contributed by atoms with Gasteiger partial charge in [-0.3, -0.25) is 14.6 Å². The lowest BCUT2D eigenvalue weighted by Crippen LogP contribution is -2.32. The molecule has 1 aliphatic heterocycles. The van der Waals surface area contributed by atoms with Crippen molar-refractivity contribution in [1.82, 2.24) is 9.88 Å². The fourth-order valence-electron chi connectivity index (χ4n) is 3.10. The summed E-state index contributed by atoms with van der Waals surface area (Å²) in [4.78, 5) is 30.9. The van der Waals surface area contributed by atoms with Gasteiger partial charge in [-0.25, -0.2) is 0 Å². The molecule has 0 spiro atoms. The number of hydrogen-bond acceptors (Lipinski definition) is 3. The molecule has 5 nitrogen and oxygen atoms in total. The van der Waals surface area contributed by atoms with Gasteiger partial charge in [0.05, 0.1) is 5.56 Å². The maximum absolute atomic E-state index is 12.8. The van der Waals surface area contributed by atoms with Gasteiger partial charge in [0.15, 0.2) is 0 Å². The second-order valence-corrected chi connectivity index (χ2v) is 6.67. The molecule has 1 aromatic heterocycles. The van der Waals surface area contributed by atoms with Crippen molar-refractivity contribution in [3.8, 4) is 0 Å². The number of carbonyl (C=O) groups is 2. The minimum absolute atomic E-state index is 0.0250. The molecular weight excluding hydrogens is 371 g/mol. The van der Waals surface area contributed by atoms with Crippen LogP contribution >= 0.6 is 0 Å². The van der Waals surface area contributed by atoms with E-state index in [-0.39, 0.29) is 22.9 Å². The molecule has 1 aliphatic rings. The number of carbonyl (C=O) groups excluding carboxylic acids is 2. The molecule has 0 radical (unpaired) electrons. The number of likely N-dealkylation sites (tertiary alicyclic amines) is 1. The minimum atomic E-state index is -4.50. The van der Waals surface area contributed by atoms with Crippen molar-refractivity contribution in [3.63, 3.8) is 0 Å². The number of halogens is 3. The second kappa shape index (κ2) is 8.41. The Bertz CT molecular complexity index is 860. The molecule has 28 heavy (non-hydrogen) atoms. The molecule has 1 fully saturated rings. The number of nitrogens with zero attached hydrogens (tertiary/aromatic N) is 2. The Kier molecular flexibility index (Phi) is 5.96. The van der Waals surface area contributed by atoms with E-state index in [4.69, 9.17) is 0 Å². The third-order valence-corrected chi connectivity index (χ3v) is 4.58. The van der Waals surface area contributed by atoms with Crippen LogP contribution in [0.15, 0.2) is 42.6 Å². The first kappa shape index (κ1) is 19.9. The molecule has 2 heterocycles. The zero-order valence-corrected chi connectivity index (χ0v) is 15.1. The van der Waals surface area contributed by atoms with Gasteiger partial charge in [0.2, 0.25) is 0 Å². The zero-order chi connectivity index (χ0) is 20.1. The van der Waals surface area contributed by atoms with E-state index >= 15 is 0 Å². The van der Waals surface area contributed by atoms with Crippen LogP contribution in [0.4, 0.5) is 18.9 Å². The van der Waals surface area contributed by atoms with Gasteiger partial charge in [-0.2, -0.15) is 13.2 Å². The predicted molar refractivity (Wildman–Crippen MR) is 98.0 cm³/mol. The van der Waals surface area contributed by atoms with Crippen LogP contribution in [-0.2, 0) is 6.18 Å². The van der Waals surface area contributed by atoms with Crippen LogP contribution in [0.5, 0.6) is 0 Å². The van der Waals surface area contributed by atoms with Crippen molar-refractivity contribution in [3.05, 3.63) is 59.4 Å². The number of aromatic nitrogens is 1. The molecule has 2 aromatic rings. The predicted octanol–water partition coefficient (Wildman–Crippen LogP) is 4.37. The van der Waals surface area contributed by atoms with Crippen molar-refractivity contribution in [2.45, 2.75) is 31.9 Å². The molecule has 3 rings (SSSR count). The summed E-state index contributed by atoms with van der Waals surface area (Å²) in [6.07, 6.45) is 0.881. The smallest absolute Gasteiger partial charge is 0.337 e. The Morgan fingerprint density at radius 3 is 2.39 bits per heavy atom. The Morgan fingerprint density at radius 2 is 1.71 bits per heavy atom. The average Bonchev–Trinajstić information content (AvgIpc) is 2.96. The van der Waals surface area contributed by atoms with Crippen LogP contribution in [0.25, 0.3) is 0 Å². The molecule has 1 aromatic carbocycles. The number of rotatable bonds is 3. The monoisotopic (exact) mass is 391 g/mol. The van der Waals surface area contributed by atoms with Crippen molar-refractivity contribution >= 4 is 17.5 Å². The highest BCUT2D eigenvalue weighted by Gasteiger charge is 2.30. The van der Waals surface area contributed by atoms with Crippen LogP contribution < -0.4 is 5.32 Å². The Balaban J connectivity index is 1.74. The van der Waals surface area contributed by atoms with E-state index in [1.807, 2.05) is 0 Å². The van der Waals surface area contributed by atoms with Gasteiger partial charge in [-0.05, 0) is 43.2 Å². The lowest BCUT2D eigenvalue weighted by molar-refractivity contribution is -0.137. The summed E-state index contributed by atoms with van der Waals surface area (Å²) in [5, 5.41) is 2.43. The summed E-state index contributed by atoms with van der Waals surface area (Å²) in [5.41, 5.74) is -0.515. The summed E-state index contributed by atoms with van der Waals surface area (Å²) in [5.74, 6) is -0.845. The maximum atomic E-state index is 12.8. The standard InChI is InChI=1S/C20H20F3N3O2/c21-20(22,23)15-6-5-7-16(13-15)25-18(27)14-8-9-24-17(12-14)19(28)26-10-3-1-2-4-11-26/h5-9,12-13H,1-4,10-11H2,(H,25,27). The SMILES string of the molecule is O=C(Nc1cccc(C(F)(F)F)c1)c1ccnc(C(=O)N2CCCCCC2)c1. The molecule has 148 valence electrons. The van der Waals surface area contributed by atoms with Gasteiger partial charge in [-0.15, -0.1) is 0 Å². The molecule has 0 aliphatic carbocycles. The first-order valence-electron chi connectivity index (χ1n) is 9.08. The number of benzene rings is 1. The van der Waals surface area contributed by atoms with Gasteiger partial charge in [0.1, 0.15) is 5.69 Å². The molecule has 0 unspecified atom stereocenters. The van der Waals surface area contributed by atoms with Gasteiger partial charge < -0.3 is 10.2 Å². The van der Waals surface area contributed by atoms with Gasteiger partial charge >= 0.3 is 6.18 Å². The molecule has 8 heteroatoms. The highest BCUT2D eigenvalue weighted by atomic mass is 19.4. The first-order chi connectivity index (χ1) is 13.3. The Hall–Kier alpha value is -2.90. The minimum Gasteiger partial charge on any atom is -0.337 e. The van der Waals surface area contributed by atoms with E-state index < -0.39 is 17.6 Å². The van der Waals surface area contributed by atoms with E-state index in [0.717, 1.165) is 37.8 Å². The Labute approximate surface area is 160 Å². The van der Waals surface area contributed by atoms with Crippen molar-refractivity contribution in [1.29, 1.82) is 0 Å². The van der Waals surface area contributed by atoms with E-state index in [0.29, 0.717) is 13.1 Å². The zero-order valence-electron chi connectivity index (χ0n) is 15.1. The van der Waals surface area contributed by atoms with E-state index in [9.17, 15) is 22.8 Å². The van der Waals surface area contributed by atoms with Gasteiger partial charge in [0, 0.05) is 30.5 Å². The number of anilines is 1. The first-order valence-corrected chi connectivity index (χ1v) is 9.08. The summed E-state index contributed by atoms with van der Waals surface area (Å²) in [6.45, 7) is 1.31. The number of hydrogen-bond donors (Lipinski definition) is 1. The number of nitrogens with one attached hydrogen (secondary N) is 1. The Morgan fingerprint density at radius 1 is 1.00 bits per heavy atom. The normalized spacial score (nSPS) is 15.0. The fraction of sp³-hybridized carbons (Fsp3) is 0.350.